The third kappa shape index (κ3) is 5.15. The molecular formula is C15H25FN2. The molecule has 0 aliphatic rings. The van der Waals surface area contributed by atoms with Gasteiger partial charge in [0.15, 0.2) is 0 Å². The van der Waals surface area contributed by atoms with E-state index in [1.165, 1.54) is 12.1 Å². The van der Waals surface area contributed by atoms with Gasteiger partial charge in [0.2, 0.25) is 0 Å². The first kappa shape index (κ1) is 15.1. The molecule has 2 nitrogen and oxygen atoms in total. The third-order valence-electron chi connectivity index (χ3n) is 3.32. The van der Waals surface area contributed by atoms with Crippen molar-refractivity contribution in [2.24, 2.45) is 11.8 Å². The molecule has 1 unspecified atom stereocenters. The van der Waals surface area contributed by atoms with Crippen molar-refractivity contribution in [3.8, 4) is 0 Å². The first-order valence-corrected chi connectivity index (χ1v) is 6.60. The molecular weight excluding hydrogens is 227 g/mol. The zero-order valence-electron chi connectivity index (χ0n) is 11.9. The maximum atomic E-state index is 12.8. The number of nitrogens with zero attached hydrogens (tertiary/aromatic N) is 1. The van der Waals surface area contributed by atoms with E-state index in [1.54, 1.807) is 0 Å². The molecule has 0 saturated carbocycles. The maximum Gasteiger partial charge on any atom is 0.123 e. The molecule has 3 heteroatoms. The number of rotatable bonds is 7. The lowest BCUT2D eigenvalue weighted by Gasteiger charge is -2.26. The second-order valence-electron chi connectivity index (χ2n) is 5.38. The van der Waals surface area contributed by atoms with Gasteiger partial charge in [-0.25, -0.2) is 4.39 Å². The first-order chi connectivity index (χ1) is 8.52. The van der Waals surface area contributed by atoms with E-state index in [4.69, 9.17) is 0 Å². The molecule has 0 aliphatic carbocycles. The summed E-state index contributed by atoms with van der Waals surface area (Å²) in [5, 5.41) is 3.25. The summed E-state index contributed by atoms with van der Waals surface area (Å²) in [6.07, 6.45) is 0. The van der Waals surface area contributed by atoms with E-state index in [2.05, 4.69) is 31.1 Å². The van der Waals surface area contributed by atoms with Crippen LogP contribution < -0.4 is 5.32 Å². The minimum Gasteiger partial charge on any atom is -0.319 e. The number of hydrogen-bond donors (Lipinski definition) is 1. The highest BCUT2D eigenvalue weighted by Gasteiger charge is 2.14. The van der Waals surface area contributed by atoms with Crippen LogP contribution >= 0.6 is 0 Å². The Bertz CT molecular complexity index is 335. The largest absolute Gasteiger partial charge is 0.319 e. The maximum absolute atomic E-state index is 12.8. The molecule has 1 aromatic carbocycles. The molecule has 0 amide bonds. The van der Waals surface area contributed by atoms with Crippen molar-refractivity contribution in [1.82, 2.24) is 10.2 Å². The fourth-order valence-corrected chi connectivity index (χ4v) is 2.14. The summed E-state index contributed by atoms with van der Waals surface area (Å²) in [4.78, 5) is 2.30. The summed E-state index contributed by atoms with van der Waals surface area (Å²) < 4.78 is 12.8. The molecule has 1 N–H and O–H groups in total. The van der Waals surface area contributed by atoms with Gasteiger partial charge in [-0.05, 0) is 50.2 Å². The number of nitrogens with one attached hydrogen (secondary N) is 1. The Morgan fingerprint density at radius 2 is 1.83 bits per heavy atom. The second-order valence-corrected chi connectivity index (χ2v) is 5.38. The lowest BCUT2D eigenvalue weighted by molar-refractivity contribution is 0.227. The van der Waals surface area contributed by atoms with Crippen LogP contribution in [0, 0.1) is 17.7 Å². The molecule has 0 aliphatic heterocycles. The van der Waals surface area contributed by atoms with E-state index in [9.17, 15) is 4.39 Å². The van der Waals surface area contributed by atoms with Crippen molar-refractivity contribution in [2.45, 2.75) is 20.4 Å². The highest BCUT2D eigenvalue weighted by molar-refractivity contribution is 5.15. The Labute approximate surface area is 110 Å². The van der Waals surface area contributed by atoms with Crippen molar-refractivity contribution in [2.75, 3.05) is 27.2 Å². The molecule has 0 radical (unpaired) electrons. The van der Waals surface area contributed by atoms with E-state index < -0.39 is 0 Å². The molecule has 0 saturated heterocycles. The fraction of sp³-hybridized carbons (Fsp3) is 0.600. The molecule has 0 bridgehead atoms. The van der Waals surface area contributed by atoms with Crippen LogP contribution in [-0.2, 0) is 6.54 Å². The Hall–Kier alpha value is -0.930. The zero-order valence-corrected chi connectivity index (χ0v) is 11.9. The topological polar surface area (TPSA) is 15.3 Å². The fourth-order valence-electron chi connectivity index (χ4n) is 2.14. The van der Waals surface area contributed by atoms with Gasteiger partial charge in [-0.15, -0.1) is 0 Å². The van der Waals surface area contributed by atoms with Crippen molar-refractivity contribution in [3.63, 3.8) is 0 Å². The van der Waals surface area contributed by atoms with Crippen LogP contribution in [0.2, 0.25) is 0 Å². The summed E-state index contributed by atoms with van der Waals surface area (Å²) in [6, 6.07) is 6.76. The molecule has 0 heterocycles. The predicted octanol–water partition coefficient (Wildman–Crippen LogP) is 2.75. The standard InChI is InChI=1S/C15H25FN2/c1-12(2)14(9-17-3)11-18(4)10-13-5-7-15(16)8-6-13/h5-8,12,14,17H,9-11H2,1-4H3. The van der Waals surface area contributed by atoms with E-state index in [0.29, 0.717) is 11.8 Å². The van der Waals surface area contributed by atoms with Gasteiger partial charge in [0.05, 0.1) is 0 Å². The normalized spacial score (nSPS) is 13.3. The van der Waals surface area contributed by atoms with Crippen molar-refractivity contribution >= 4 is 0 Å². The summed E-state index contributed by atoms with van der Waals surface area (Å²) in [5.74, 6) is 1.13. The average molecular weight is 252 g/mol. The Kier molecular flexibility index (Phi) is 6.30. The van der Waals surface area contributed by atoms with Gasteiger partial charge >= 0.3 is 0 Å². The van der Waals surface area contributed by atoms with Crippen molar-refractivity contribution in [3.05, 3.63) is 35.6 Å². The van der Waals surface area contributed by atoms with Gasteiger partial charge in [0.25, 0.3) is 0 Å². The van der Waals surface area contributed by atoms with Crippen LogP contribution in [0.15, 0.2) is 24.3 Å². The Balaban J connectivity index is 2.49. The quantitative estimate of drug-likeness (QED) is 0.802. The van der Waals surface area contributed by atoms with Crippen LogP contribution in [0.4, 0.5) is 4.39 Å². The second kappa shape index (κ2) is 7.49. The zero-order chi connectivity index (χ0) is 13.5. The molecule has 0 fully saturated rings. The van der Waals surface area contributed by atoms with Crippen LogP contribution in [0.1, 0.15) is 19.4 Å². The Morgan fingerprint density at radius 1 is 1.22 bits per heavy atom. The van der Waals surface area contributed by atoms with E-state index in [0.717, 1.165) is 25.2 Å². The molecule has 1 atom stereocenters. The molecule has 0 spiro atoms. The number of hydrogen-bond acceptors (Lipinski definition) is 2. The van der Waals surface area contributed by atoms with Gasteiger partial charge in [0, 0.05) is 13.1 Å². The molecule has 1 rings (SSSR count). The van der Waals surface area contributed by atoms with E-state index in [1.807, 2.05) is 19.2 Å². The molecule has 102 valence electrons. The van der Waals surface area contributed by atoms with Crippen molar-refractivity contribution < 1.29 is 4.39 Å². The smallest absolute Gasteiger partial charge is 0.123 e. The van der Waals surface area contributed by atoms with Gasteiger partial charge in [-0.3, -0.25) is 0 Å². The summed E-state index contributed by atoms with van der Waals surface area (Å²) in [6.45, 7) is 7.47. The SMILES string of the molecule is CNCC(CN(C)Cc1ccc(F)cc1)C(C)C. The van der Waals surface area contributed by atoms with Crippen LogP contribution in [0.5, 0.6) is 0 Å². The Morgan fingerprint density at radius 3 is 2.33 bits per heavy atom. The monoisotopic (exact) mass is 252 g/mol. The van der Waals surface area contributed by atoms with Gasteiger partial charge in [0.1, 0.15) is 5.82 Å². The van der Waals surface area contributed by atoms with Crippen LogP contribution in [0.3, 0.4) is 0 Å². The highest BCUT2D eigenvalue weighted by atomic mass is 19.1. The minimum atomic E-state index is -0.170. The summed E-state index contributed by atoms with van der Waals surface area (Å²) >= 11 is 0. The molecule has 0 aromatic heterocycles. The summed E-state index contributed by atoms with van der Waals surface area (Å²) in [5.41, 5.74) is 1.16. The van der Waals surface area contributed by atoms with Gasteiger partial charge in [-0.1, -0.05) is 26.0 Å². The van der Waals surface area contributed by atoms with Crippen molar-refractivity contribution in [1.29, 1.82) is 0 Å². The first-order valence-electron chi connectivity index (χ1n) is 6.60. The van der Waals surface area contributed by atoms with E-state index >= 15 is 0 Å². The highest BCUT2D eigenvalue weighted by Crippen LogP contribution is 2.13. The molecule has 18 heavy (non-hydrogen) atoms. The van der Waals surface area contributed by atoms with E-state index in [-0.39, 0.29) is 5.82 Å². The summed E-state index contributed by atoms with van der Waals surface area (Å²) in [7, 11) is 4.11. The number of benzene rings is 1. The third-order valence-corrected chi connectivity index (χ3v) is 3.32. The van der Waals surface area contributed by atoms with Crippen LogP contribution in [0.25, 0.3) is 0 Å². The minimum absolute atomic E-state index is 0.170. The van der Waals surface area contributed by atoms with Crippen LogP contribution in [-0.4, -0.2) is 32.1 Å². The average Bonchev–Trinajstić information content (AvgIpc) is 2.31. The number of halogens is 1. The lowest BCUT2D eigenvalue weighted by atomic mass is 9.95. The molecule has 1 aromatic rings. The lowest BCUT2D eigenvalue weighted by Crippen LogP contribution is -2.34. The predicted molar refractivity (Wildman–Crippen MR) is 75.0 cm³/mol. The van der Waals surface area contributed by atoms with Gasteiger partial charge in [-0.2, -0.15) is 0 Å². The van der Waals surface area contributed by atoms with Gasteiger partial charge < -0.3 is 10.2 Å².